The highest BCUT2D eigenvalue weighted by molar-refractivity contribution is 5.30. The van der Waals surface area contributed by atoms with Gasteiger partial charge in [-0.1, -0.05) is 19.9 Å². The lowest BCUT2D eigenvalue weighted by molar-refractivity contribution is 0.359. The van der Waals surface area contributed by atoms with E-state index in [2.05, 4.69) is 48.4 Å². The van der Waals surface area contributed by atoms with Crippen molar-refractivity contribution in [3.8, 4) is 0 Å². The Balaban J connectivity index is 2.17. The molecule has 1 N–H and O–H groups in total. The summed E-state index contributed by atoms with van der Waals surface area (Å²) in [5, 5.41) is 3.32. The molecule has 0 aromatic carbocycles. The maximum atomic E-state index is 4.54. The molecule has 3 heteroatoms. The van der Waals surface area contributed by atoms with E-state index < -0.39 is 0 Å². The standard InChI is InChI=1S/C14H23N3/c1-5-8-15-13-16-11(2)10-17(13)12-6-7-14(3,4)9-12/h5,10,12H,1,6-9H2,2-4H3,(H,15,16). The molecule has 0 saturated heterocycles. The second-order valence-corrected chi connectivity index (χ2v) is 5.84. The molecule has 1 aromatic rings. The van der Waals surface area contributed by atoms with E-state index in [1.807, 2.05) is 6.08 Å². The van der Waals surface area contributed by atoms with Crippen LogP contribution in [0.3, 0.4) is 0 Å². The summed E-state index contributed by atoms with van der Waals surface area (Å²) in [7, 11) is 0. The second kappa shape index (κ2) is 4.55. The van der Waals surface area contributed by atoms with Gasteiger partial charge in [-0.25, -0.2) is 4.98 Å². The topological polar surface area (TPSA) is 29.9 Å². The number of hydrogen-bond acceptors (Lipinski definition) is 2. The summed E-state index contributed by atoms with van der Waals surface area (Å²) in [5.41, 5.74) is 1.56. The Hall–Kier alpha value is -1.25. The molecule has 1 atom stereocenters. The van der Waals surface area contributed by atoms with Crippen LogP contribution in [0, 0.1) is 12.3 Å². The molecule has 1 aliphatic carbocycles. The lowest BCUT2D eigenvalue weighted by atomic mass is 9.92. The SMILES string of the molecule is C=CCNc1nc(C)cn1C1CCC(C)(C)C1. The highest BCUT2D eigenvalue weighted by Crippen LogP contribution is 2.44. The highest BCUT2D eigenvalue weighted by atomic mass is 15.2. The van der Waals surface area contributed by atoms with Crippen molar-refractivity contribution in [3.63, 3.8) is 0 Å². The Labute approximate surface area is 104 Å². The zero-order valence-corrected chi connectivity index (χ0v) is 11.2. The van der Waals surface area contributed by atoms with Crippen molar-refractivity contribution in [1.29, 1.82) is 0 Å². The molecule has 94 valence electrons. The van der Waals surface area contributed by atoms with Gasteiger partial charge < -0.3 is 9.88 Å². The average molecular weight is 233 g/mol. The van der Waals surface area contributed by atoms with Crippen molar-refractivity contribution in [2.24, 2.45) is 5.41 Å². The van der Waals surface area contributed by atoms with E-state index in [0.717, 1.165) is 18.2 Å². The molecule has 1 fully saturated rings. The zero-order chi connectivity index (χ0) is 12.5. The Kier molecular flexibility index (Phi) is 3.27. The van der Waals surface area contributed by atoms with Crippen LogP contribution in [0.25, 0.3) is 0 Å². The van der Waals surface area contributed by atoms with Gasteiger partial charge in [0, 0.05) is 18.8 Å². The Morgan fingerprint density at radius 3 is 3.00 bits per heavy atom. The number of aromatic nitrogens is 2. The number of rotatable bonds is 4. The molecule has 0 aliphatic heterocycles. The van der Waals surface area contributed by atoms with E-state index in [4.69, 9.17) is 0 Å². The third kappa shape index (κ3) is 2.71. The predicted molar refractivity (Wildman–Crippen MR) is 72.3 cm³/mol. The summed E-state index contributed by atoms with van der Waals surface area (Å²) in [6, 6.07) is 0.596. The van der Waals surface area contributed by atoms with E-state index in [0.29, 0.717) is 11.5 Å². The van der Waals surface area contributed by atoms with Gasteiger partial charge in [-0.15, -0.1) is 6.58 Å². The van der Waals surface area contributed by atoms with E-state index in [-0.39, 0.29) is 0 Å². The first kappa shape index (κ1) is 12.2. The van der Waals surface area contributed by atoms with Crippen LogP contribution in [-0.2, 0) is 0 Å². The number of hydrogen-bond donors (Lipinski definition) is 1. The quantitative estimate of drug-likeness (QED) is 0.806. The van der Waals surface area contributed by atoms with Gasteiger partial charge >= 0.3 is 0 Å². The minimum atomic E-state index is 0.471. The van der Waals surface area contributed by atoms with E-state index in [9.17, 15) is 0 Å². The van der Waals surface area contributed by atoms with Crippen LogP contribution in [0.15, 0.2) is 18.9 Å². The summed E-state index contributed by atoms with van der Waals surface area (Å²) < 4.78 is 2.31. The first-order valence-electron chi connectivity index (χ1n) is 6.42. The molecule has 1 saturated carbocycles. The molecule has 2 rings (SSSR count). The first-order chi connectivity index (χ1) is 8.02. The predicted octanol–water partition coefficient (Wildman–Crippen LogP) is 3.54. The minimum absolute atomic E-state index is 0.471. The first-order valence-corrected chi connectivity index (χ1v) is 6.42. The summed E-state index contributed by atoms with van der Waals surface area (Å²) in [6.45, 7) is 11.3. The molecule has 0 spiro atoms. The fourth-order valence-corrected chi connectivity index (χ4v) is 2.73. The van der Waals surface area contributed by atoms with Crippen LogP contribution < -0.4 is 5.32 Å². The fraction of sp³-hybridized carbons (Fsp3) is 0.643. The van der Waals surface area contributed by atoms with Crippen LogP contribution >= 0.6 is 0 Å². The van der Waals surface area contributed by atoms with Gasteiger partial charge in [0.05, 0.1) is 5.69 Å². The molecule has 1 aliphatic rings. The van der Waals surface area contributed by atoms with Crippen molar-refractivity contribution in [2.45, 2.75) is 46.1 Å². The number of anilines is 1. The molecule has 17 heavy (non-hydrogen) atoms. The fourth-order valence-electron chi connectivity index (χ4n) is 2.73. The van der Waals surface area contributed by atoms with Crippen molar-refractivity contribution >= 4 is 5.95 Å². The van der Waals surface area contributed by atoms with Crippen molar-refractivity contribution in [1.82, 2.24) is 9.55 Å². The van der Waals surface area contributed by atoms with Crippen molar-refractivity contribution < 1.29 is 0 Å². The van der Waals surface area contributed by atoms with Gasteiger partial charge in [0.2, 0.25) is 5.95 Å². The van der Waals surface area contributed by atoms with E-state index in [1.165, 1.54) is 19.3 Å². The molecule has 0 bridgehead atoms. The van der Waals surface area contributed by atoms with Crippen molar-refractivity contribution in [2.75, 3.05) is 11.9 Å². The lowest BCUT2D eigenvalue weighted by Crippen LogP contribution is -2.12. The minimum Gasteiger partial charge on any atom is -0.352 e. The Morgan fingerprint density at radius 2 is 2.41 bits per heavy atom. The van der Waals surface area contributed by atoms with Crippen LogP contribution in [-0.4, -0.2) is 16.1 Å². The van der Waals surface area contributed by atoms with Gasteiger partial charge in [-0.05, 0) is 31.6 Å². The van der Waals surface area contributed by atoms with Gasteiger partial charge in [0.25, 0.3) is 0 Å². The van der Waals surface area contributed by atoms with Crippen LogP contribution in [0.4, 0.5) is 5.95 Å². The highest BCUT2D eigenvalue weighted by Gasteiger charge is 2.32. The maximum absolute atomic E-state index is 4.54. The molecule has 0 amide bonds. The van der Waals surface area contributed by atoms with Crippen molar-refractivity contribution in [3.05, 3.63) is 24.5 Å². The Morgan fingerprint density at radius 1 is 1.65 bits per heavy atom. The number of nitrogens with zero attached hydrogens (tertiary/aromatic N) is 2. The largest absolute Gasteiger partial charge is 0.352 e. The van der Waals surface area contributed by atoms with E-state index in [1.54, 1.807) is 0 Å². The normalized spacial score (nSPS) is 22.6. The van der Waals surface area contributed by atoms with Gasteiger partial charge in [0.1, 0.15) is 0 Å². The molecule has 1 unspecified atom stereocenters. The third-order valence-electron chi connectivity index (χ3n) is 3.59. The summed E-state index contributed by atoms with van der Waals surface area (Å²) >= 11 is 0. The third-order valence-corrected chi connectivity index (χ3v) is 3.59. The summed E-state index contributed by atoms with van der Waals surface area (Å²) in [6.07, 6.45) is 7.83. The zero-order valence-electron chi connectivity index (χ0n) is 11.2. The number of aryl methyl sites for hydroxylation is 1. The van der Waals surface area contributed by atoms with Gasteiger partial charge in [-0.3, -0.25) is 0 Å². The molecular weight excluding hydrogens is 210 g/mol. The number of nitrogens with one attached hydrogen (secondary N) is 1. The molecule has 1 heterocycles. The molecule has 1 aromatic heterocycles. The lowest BCUT2D eigenvalue weighted by Gasteiger charge is -2.19. The van der Waals surface area contributed by atoms with Crippen LogP contribution in [0.5, 0.6) is 0 Å². The van der Waals surface area contributed by atoms with E-state index >= 15 is 0 Å². The second-order valence-electron chi connectivity index (χ2n) is 5.84. The van der Waals surface area contributed by atoms with Gasteiger partial charge in [0.15, 0.2) is 0 Å². The van der Waals surface area contributed by atoms with Crippen LogP contribution in [0.2, 0.25) is 0 Å². The Bertz CT molecular complexity index is 404. The maximum Gasteiger partial charge on any atom is 0.203 e. The smallest absolute Gasteiger partial charge is 0.203 e. The van der Waals surface area contributed by atoms with Gasteiger partial charge in [-0.2, -0.15) is 0 Å². The van der Waals surface area contributed by atoms with Crippen LogP contribution in [0.1, 0.15) is 44.8 Å². The average Bonchev–Trinajstić information content (AvgIpc) is 2.78. The molecule has 3 nitrogen and oxygen atoms in total. The molecular formula is C14H23N3. The monoisotopic (exact) mass is 233 g/mol. The summed E-state index contributed by atoms with van der Waals surface area (Å²) in [5.74, 6) is 0.991. The summed E-state index contributed by atoms with van der Waals surface area (Å²) in [4.78, 5) is 4.54. The molecule has 0 radical (unpaired) electrons. The number of imidazole rings is 1.